The van der Waals surface area contributed by atoms with Crippen molar-refractivity contribution in [1.29, 1.82) is 0 Å². The smallest absolute Gasteiger partial charge is 0.306 e. The Morgan fingerprint density at radius 1 is 1.38 bits per heavy atom. The summed E-state index contributed by atoms with van der Waals surface area (Å²) in [4.78, 5) is 10.7. The Bertz CT molecular complexity index is 178. The molecule has 4 heteroatoms. The molecular weight excluding hydrogens is 188 g/mol. The topological polar surface area (TPSA) is 43.4 Å². The van der Waals surface area contributed by atoms with Crippen molar-refractivity contribution < 1.29 is 13.7 Å². The van der Waals surface area contributed by atoms with Gasteiger partial charge in [-0.25, -0.2) is 0 Å². The van der Waals surface area contributed by atoms with E-state index >= 15 is 0 Å². The highest BCUT2D eigenvalue weighted by molar-refractivity contribution is 7.84. The molecule has 1 unspecified atom stereocenters. The molecular formula is C9H18O3S. The third kappa shape index (κ3) is 7.96. The van der Waals surface area contributed by atoms with E-state index in [9.17, 15) is 9.00 Å². The Hall–Kier alpha value is -0.380. The molecule has 0 N–H and O–H groups in total. The fraction of sp³-hybridized carbons (Fsp3) is 0.889. The zero-order valence-electron chi connectivity index (χ0n) is 8.54. The molecule has 0 saturated carbocycles. The van der Waals surface area contributed by atoms with Crippen molar-refractivity contribution in [3.05, 3.63) is 0 Å². The quantitative estimate of drug-likeness (QED) is 0.616. The molecule has 0 aliphatic rings. The van der Waals surface area contributed by atoms with Crippen LogP contribution in [0.2, 0.25) is 0 Å². The van der Waals surface area contributed by atoms with E-state index in [4.69, 9.17) is 0 Å². The third-order valence-electron chi connectivity index (χ3n) is 1.68. The van der Waals surface area contributed by atoms with Crippen molar-refractivity contribution in [3.63, 3.8) is 0 Å². The summed E-state index contributed by atoms with van der Waals surface area (Å²) in [7, 11) is 0.483. The first-order valence-electron chi connectivity index (χ1n) is 4.48. The fourth-order valence-corrected chi connectivity index (χ4v) is 2.10. The molecule has 0 aromatic heterocycles. The monoisotopic (exact) mass is 206 g/mol. The van der Waals surface area contributed by atoms with Crippen molar-refractivity contribution in [2.24, 2.45) is 5.92 Å². The molecule has 0 heterocycles. The Labute approximate surface area is 82.3 Å². The number of methoxy groups -OCH3 is 1. The van der Waals surface area contributed by atoms with Crippen molar-refractivity contribution in [1.82, 2.24) is 0 Å². The van der Waals surface area contributed by atoms with Gasteiger partial charge in [-0.15, -0.1) is 0 Å². The van der Waals surface area contributed by atoms with Crippen LogP contribution in [0.5, 0.6) is 0 Å². The van der Waals surface area contributed by atoms with E-state index in [1.165, 1.54) is 7.11 Å². The Balaban J connectivity index is 3.46. The second kappa shape index (κ2) is 7.06. The summed E-state index contributed by atoms with van der Waals surface area (Å²) in [6.07, 6.45) is 1.22. The molecule has 3 nitrogen and oxygen atoms in total. The predicted octanol–water partition coefficient (Wildman–Crippen LogP) is 1.34. The molecule has 0 radical (unpaired) electrons. The number of ether oxygens (including phenoxy) is 1. The van der Waals surface area contributed by atoms with Gasteiger partial charge in [0.2, 0.25) is 0 Å². The van der Waals surface area contributed by atoms with Crippen LogP contribution < -0.4 is 0 Å². The molecule has 0 aromatic carbocycles. The number of hydrogen-bond acceptors (Lipinski definition) is 3. The van der Waals surface area contributed by atoms with Crippen LogP contribution in [0.4, 0.5) is 0 Å². The van der Waals surface area contributed by atoms with Crippen LogP contribution in [0.1, 0.15) is 26.7 Å². The normalized spacial score (nSPS) is 12.9. The first-order valence-corrected chi connectivity index (χ1v) is 5.97. The molecule has 78 valence electrons. The Morgan fingerprint density at radius 3 is 2.46 bits per heavy atom. The molecule has 0 saturated heterocycles. The largest absolute Gasteiger partial charge is 0.469 e. The summed E-state index contributed by atoms with van der Waals surface area (Å²) in [6.45, 7) is 4.19. The summed E-state index contributed by atoms with van der Waals surface area (Å²) >= 11 is 0. The number of esters is 1. The van der Waals surface area contributed by atoms with E-state index in [1.807, 2.05) is 0 Å². The second-order valence-corrected chi connectivity index (χ2v) is 5.05. The lowest BCUT2D eigenvalue weighted by atomic mass is 10.2. The summed E-state index contributed by atoms with van der Waals surface area (Å²) < 4.78 is 15.7. The molecule has 0 rings (SSSR count). The van der Waals surface area contributed by atoms with Crippen molar-refractivity contribution in [2.45, 2.75) is 26.7 Å². The maximum absolute atomic E-state index is 11.3. The lowest BCUT2D eigenvalue weighted by molar-refractivity contribution is -0.140. The van der Waals surface area contributed by atoms with Gasteiger partial charge < -0.3 is 4.74 Å². The predicted molar refractivity (Wildman–Crippen MR) is 54.0 cm³/mol. The van der Waals surface area contributed by atoms with E-state index in [0.717, 1.165) is 6.42 Å². The van der Waals surface area contributed by atoms with Gasteiger partial charge in [0.15, 0.2) is 0 Å². The summed E-state index contributed by atoms with van der Waals surface area (Å²) in [5.41, 5.74) is 0. The van der Waals surface area contributed by atoms with Crippen molar-refractivity contribution in [3.8, 4) is 0 Å². The molecule has 13 heavy (non-hydrogen) atoms. The van der Waals surface area contributed by atoms with E-state index in [2.05, 4.69) is 18.6 Å². The molecule has 0 amide bonds. The molecule has 1 atom stereocenters. The van der Waals surface area contributed by atoms with Crippen LogP contribution in [0.15, 0.2) is 0 Å². The van der Waals surface area contributed by atoms with Crippen molar-refractivity contribution >= 4 is 16.8 Å². The number of hydrogen-bond donors (Lipinski definition) is 0. The molecule has 0 aromatic rings. The lowest BCUT2D eigenvalue weighted by Gasteiger charge is -2.03. The van der Waals surface area contributed by atoms with Gasteiger partial charge in [-0.3, -0.25) is 9.00 Å². The first-order chi connectivity index (χ1) is 6.06. The number of carbonyl (C=O) groups is 1. The lowest BCUT2D eigenvalue weighted by Crippen LogP contribution is -2.10. The number of rotatable bonds is 6. The minimum Gasteiger partial charge on any atom is -0.469 e. The molecule has 0 aliphatic carbocycles. The maximum atomic E-state index is 11.3. The summed E-state index contributed by atoms with van der Waals surface area (Å²) in [6, 6.07) is 0. The van der Waals surface area contributed by atoms with Gasteiger partial charge in [0.25, 0.3) is 0 Å². The van der Waals surface area contributed by atoms with Crippen LogP contribution >= 0.6 is 0 Å². The number of carbonyl (C=O) groups excluding carboxylic acids is 1. The fourth-order valence-electron chi connectivity index (χ4n) is 0.768. The maximum Gasteiger partial charge on any atom is 0.306 e. The van der Waals surface area contributed by atoms with E-state index in [-0.39, 0.29) is 12.4 Å². The zero-order valence-corrected chi connectivity index (χ0v) is 9.36. The highest BCUT2D eigenvalue weighted by Crippen LogP contribution is 2.01. The van der Waals surface area contributed by atoms with Crippen molar-refractivity contribution in [2.75, 3.05) is 18.6 Å². The zero-order chi connectivity index (χ0) is 10.3. The van der Waals surface area contributed by atoms with Gasteiger partial charge >= 0.3 is 5.97 Å². The second-order valence-electron chi connectivity index (χ2n) is 3.36. The van der Waals surface area contributed by atoms with E-state index in [1.54, 1.807) is 0 Å². The molecule has 0 fully saturated rings. The summed E-state index contributed by atoms with van der Waals surface area (Å²) in [5.74, 6) is 1.41. The SMILES string of the molecule is COC(=O)CCS(=O)CCC(C)C. The highest BCUT2D eigenvalue weighted by atomic mass is 32.2. The average Bonchev–Trinajstić information content (AvgIpc) is 2.10. The first kappa shape index (κ1) is 12.6. The van der Waals surface area contributed by atoms with Gasteiger partial charge in [-0.2, -0.15) is 0 Å². The van der Waals surface area contributed by atoms with Gasteiger partial charge in [0, 0.05) is 22.3 Å². The molecule has 0 aliphatic heterocycles. The van der Waals surface area contributed by atoms with E-state index < -0.39 is 10.8 Å². The summed E-state index contributed by atoms with van der Waals surface area (Å²) in [5, 5.41) is 0. The Morgan fingerprint density at radius 2 is 2.00 bits per heavy atom. The van der Waals surface area contributed by atoms with Crippen LogP contribution in [0.3, 0.4) is 0 Å². The van der Waals surface area contributed by atoms with Crippen LogP contribution in [0, 0.1) is 5.92 Å². The average molecular weight is 206 g/mol. The Kier molecular flexibility index (Phi) is 6.86. The minimum absolute atomic E-state index is 0.265. The van der Waals surface area contributed by atoms with Crippen LogP contribution in [0.25, 0.3) is 0 Å². The standard InChI is InChI=1S/C9H18O3S/c1-8(2)4-6-13(11)7-5-9(10)12-3/h8H,4-7H2,1-3H3. The van der Waals surface area contributed by atoms with Gasteiger partial charge in [-0.05, 0) is 12.3 Å². The molecule has 0 bridgehead atoms. The van der Waals surface area contributed by atoms with Gasteiger partial charge in [-0.1, -0.05) is 13.8 Å². The van der Waals surface area contributed by atoms with Gasteiger partial charge in [0.1, 0.15) is 0 Å². The van der Waals surface area contributed by atoms with Crippen LogP contribution in [-0.2, 0) is 20.3 Å². The minimum atomic E-state index is -0.864. The third-order valence-corrected chi connectivity index (χ3v) is 3.03. The molecule has 0 spiro atoms. The van der Waals surface area contributed by atoms with Gasteiger partial charge in [0.05, 0.1) is 13.5 Å². The highest BCUT2D eigenvalue weighted by Gasteiger charge is 2.05. The van der Waals surface area contributed by atoms with Crippen LogP contribution in [-0.4, -0.2) is 28.8 Å². The van der Waals surface area contributed by atoms with E-state index in [0.29, 0.717) is 17.4 Å².